The fraction of sp³-hybridized carbons (Fsp3) is 0.150. The zero-order valence-electron chi connectivity index (χ0n) is 13.1. The smallest absolute Gasteiger partial charge is 0.251 e. The molecule has 23 heavy (non-hydrogen) atoms. The quantitative estimate of drug-likeness (QED) is 0.774. The maximum absolute atomic E-state index is 12.4. The molecule has 0 radical (unpaired) electrons. The van der Waals surface area contributed by atoms with Crippen molar-refractivity contribution in [2.24, 2.45) is 5.73 Å². The maximum atomic E-state index is 12.4. The second-order valence-corrected chi connectivity index (χ2v) is 5.73. The molecule has 0 aliphatic carbocycles. The molecule has 0 aliphatic rings. The highest BCUT2D eigenvalue weighted by Gasteiger charge is 2.14. The molecular formula is C20H20N2O. The lowest BCUT2D eigenvalue weighted by atomic mass is 10.0. The summed E-state index contributed by atoms with van der Waals surface area (Å²) in [5.41, 5.74) is 8.68. The van der Waals surface area contributed by atoms with Crippen LogP contribution in [0.1, 0.15) is 27.5 Å². The Morgan fingerprint density at radius 1 is 1.00 bits per heavy atom. The molecule has 116 valence electrons. The lowest BCUT2D eigenvalue weighted by Gasteiger charge is -2.18. The number of nitrogens with one attached hydrogen (secondary N) is 1. The molecule has 3 heteroatoms. The van der Waals surface area contributed by atoms with E-state index in [0.29, 0.717) is 12.1 Å². The summed E-state index contributed by atoms with van der Waals surface area (Å²) in [6.45, 7) is 2.36. The van der Waals surface area contributed by atoms with Crippen LogP contribution in [-0.2, 0) is 0 Å². The Morgan fingerprint density at radius 2 is 1.70 bits per heavy atom. The Labute approximate surface area is 136 Å². The van der Waals surface area contributed by atoms with Crippen molar-refractivity contribution in [2.45, 2.75) is 13.0 Å². The van der Waals surface area contributed by atoms with Gasteiger partial charge in [-0.05, 0) is 41.5 Å². The van der Waals surface area contributed by atoms with Gasteiger partial charge in [0.1, 0.15) is 0 Å². The zero-order valence-corrected chi connectivity index (χ0v) is 13.1. The van der Waals surface area contributed by atoms with E-state index in [0.717, 1.165) is 16.5 Å². The average molecular weight is 304 g/mol. The van der Waals surface area contributed by atoms with Gasteiger partial charge in [0, 0.05) is 12.1 Å². The Balaban J connectivity index is 1.83. The second-order valence-electron chi connectivity index (χ2n) is 5.73. The fourth-order valence-corrected chi connectivity index (χ4v) is 2.65. The summed E-state index contributed by atoms with van der Waals surface area (Å²) in [5.74, 6) is -0.103. The summed E-state index contributed by atoms with van der Waals surface area (Å²) < 4.78 is 0. The highest BCUT2D eigenvalue weighted by atomic mass is 16.1. The maximum Gasteiger partial charge on any atom is 0.251 e. The van der Waals surface area contributed by atoms with Crippen molar-refractivity contribution in [2.75, 3.05) is 6.54 Å². The zero-order chi connectivity index (χ0) is 16.2. The van der Waals surface area contributed by atoms with E-state index >= 15 is 0 Å². The van der Waals surface area contributed by atoms with E-state index in [2.05, 4.69) is 29.6 Å². The minimum atomic E-state index is -0.201. The predicted molar refractivity (Wildman–Crippen MR) is 94.4 cm³/mol. The van der Waals surface area contributed by atoms with Crippen LogP contribution in [0, 0.1) is 6.92 Å². The topological polar surface area (TPSA) is 55.1 Å². The van der Waals surface area contributed by atoms with Gasteiger partial charge >= 0.3 is 0 Å². The van der Waals surface area contributed by atoms with E-state index in [4.69, 9.17) is 5.73 Å². The number of carbonyl (C=O) groups is 1. The SMILES string of the molecule is Cc1ccc(C(=O)NC(CN)c2ccc3ccccc3c2)cc1. The van der Waals surface area contributed by atoms with Crippen LogP contribution in [0.4, 0.5) is 0 Å². The molecule has 3 aromatic carbocycles. The molecule has 0 fully saturated rings. The number of aryl methyl sites for hydroxylation is 1. The molecule has 3 rings (SSSR count). The third kappa shape index (κ3) is 3.41. The monoisotopic (exact) mass is 304 g/mol. The molecule has 1 amide bonds. The standard InChI is InChI=1S/C20H20N2O/c1-14-6-8-16(9-7-14)20(23)22-19(13-21)18-11-10-15-4-2-3-5-17(15)12-18/h2-12,19H,13,21H2,1H3,(H,22,23). The van der Waals surface area contributed by atoms with Crippen LogP contribution in [0.5, 0.6) is 0 Å². The van der Waals surface area contributed by atoms with Crippen molar-refractivity contribution in [1.29, 1.82) is 0 Å². The minimum absolute atomic E-state index is 0.103. The van der Waals surface area contributed by atoms with Gasteiger partial charge in [-0.15, -0.1) is 0 Å². The molecule has 0 saturated heterocycles. The van der Waals surface area contributed by atoms with Crippen molar-refractivity contribution in [3.63, 3.8) is 0 Å². The Morgan fingerprint density at radius 3 is 2.39 bits per heavy atom. The number of nitrogens with two attached hydrogens (primary N) is 1. The van der Waals surface area contributed by atoms with E-state index < -0.39 is 0 Å². The average Bonchev–Trinajstić information content (AvgIpc) is 2.59. The second kappa shape index (κ2) is 6.63. The van der Waals surface area contributed by atoms with Gasteiger partial charge in [0.05, 0.1) is 6.04 Å². The van der Waals surface area contributed by atoms with Crippen LogP contribution in [0.3, 0.4) is 0 Å². The first kappa shape index (κ1) is 15.3. The van der Waals surface area contributed by atoms with Gasteiger partial charge in [0.2, 0.25) is 0 Å². The van der Waals surface area contributed by atoms with Crippen molar-refractivity contribution in [3.05, 3.63) is 83.4 Å². The Bertz CT molecular complexity index is 824. The van der Waals surface area contributed by atoms with Gasteiger partial charge in [0.15, 0.2) is 0 Å². The molecular weight excluding hydrogens is 284 g/mol. The first-order valence-electron chi connectivity index (χ1n) is 7.73. The first-order chi connectivity index (χ1) is 11.2. The molecule has 3 N–H and O–H groups in total. The molecule has 1 unspecified atom stereocenters. The highest BCUT2D eigenvalue weighted by molar-refractivity contribution is 5.94. The summed E-state index contributed by atoms with van der Waals surface area (Å²) in [6, 6.07) is 21.7. The summed E-state index contributed by atoms with van der Waals surface area (Å²) in [6.07, 6.45) is 0. The third-order valence-corrected chi connectivity index (χ3v) is 4.03. The molecule has 1 atom stereocenters. The normalized spacial score (nSPS) is 12.1. The molecule has 0 saturated carbocycles. The van der Waals surface area contributed by atoms with Gasteiger partial charge < -0.3 is 11.1 Å². The summed E-state index contributed by atoms with van der Waals surface area (Å²) in [4.78, 5) is 12.4. The van der Waals surface area contributed by atoms with Crippen LogP contribution in [0.25, 0.3) is 10.8 Å². The summed E-state index contributed by atoms with van der Waals surface area (Å²) in [5, 5.41) is 5.34. The van der Waals surface area contributed by atoms with E-state index in [-0.39, 0.29) is 11.9 Å². The number of fused-ring (bicyclic) bond motifs is 1. The van der Waals surface area contributed by atoms with Crippen LogP contribution in [0.15, 0.2) is 66.7 Å². The van der Waals surface area contributed by atoms with Crippen molar-refractivity contribution < 1.29 is 4.79 Å². The summed E-state index contributed by atoms with van der Waals surface area (Å²) >= 11 is 0. The van der Waals surface area contributed by atoms with Gasteiger partial charge in [0.25, 0.3) is 5.91 Å². The van der Waals surface area contributed by atoms with Crippen molar-refractivity contribution in [1.82, 2.24) is 5.32 Å². The number of rotatable bonds is 4. The van der Waals surface area contributed by atoms with Crippen LogP contribution < -0.4 is 11.1 Å². The molecule has 0 aliphatic heterocycles. The third-order valence-electron chi connectivity index (χ3n) is 4.03. The molecule has 0 spiro atoms. The fourth-order valence-electron chi connectivity index (χ4n) is 2.65. The van der Waals surface area contributed by atoms with Crippen LogP contribution in [0.2, 0.25) is 0 Å². The predicted octanol–water partition coefficient (Wildman–Crippen LogP) is 3.58. The van der Waals surface area contributed by atoms with E-state index in [9.17, 15) is 4.79 Å². The van der Waals surface area contributed by atoms with E-state index in [1.807, 2.05) is 49.4 Å². The first-order valence-corrected chi connectivity index (χ1v) is 7.73. The molecule has 0 aromatic heterocycles. The van der Waals surface area contributed by atoms with Gasteiger partial charge in [-0.3, -0.25) is 4.79 Å². The molecule has 0 heterocycles. The highest BCUT2D eigenvalue weighted by Crippen LogP contribution is 2.20. The summed E-state index contributed by atoms with van der Waals surface area (Å²) in [7, 11) is 0. The van der Waals surface area contributed by atoms with Crippen molar-refractivity contribution >= 4 is 16.7 Å². The van der Waals surface area contributed by atoms with E-state index in [1.54, 1.807) is 0 Å². The Kier molecular flexibility index (Phi) is 4.40. The lowest BCUT2D eigenvalue weighted by molar-refractivity contribution is 0.0938. The number of carbonyl (C=O) groups excluding carboxylic acids is 1. The number of benzene rings is 3. The number of hydrogen-bond acceptors (Lipinski definition) is 2. The number of amides is 1. The van der Waals surface area contributed by atoms with Crippen molar-refractivity contribution in [3.8, 4) is 0 Å². The minimum Gasteiger partial charge on any atom is -0.344 e. The van der Waals surface area contributed by atoms with Gasteiger partial charge in [-0.1, -0.05) is 54.1 Å². The molecule has 3 aromatic rings. The van der Waals surface area contributed by atoms with Gasteiger partial charge in [-0.2, -0.15) is 0 Å². The molecule has 0 bridgehead atoms. The Hall–Kier alpha value is -2.65. The van der Waals surface area contributed by atoms with Gasteiger partial charge in [-0.25, -0.2) is 0 Å². The number of hydrogen-bond donors (Lipinski definition) is 2. The van der Waals surface area contributed by atoms with Crippen LogP contribution >= 0.6 is 0 Å². The lowest BCUT2D eigenvalue weighted by Crippen LogP contribution is -2.33. The van der Waals surface area contributed by atoms with Crippen LogP contribution in [-0.4, -0.2) is 12.5 Å². The largest absolute Gasteiger partial charge is 0.344 e. The van der Waals surface area contributed by atoms with E-state index in [1.165, 1.54) is 5.39 Å². The molecule has 3 nitrogen and oxygen atoms in total.